The molecule has 1 saturated heterocycles. The minimum absolute atomic E-state index is 0.344. The number of rotatable bonds is 1. The first kappa shape index (κ1) is 8.96. The molecule has 1 aliphatic carbocycles. The number of fused-ring (bicyclic) bond motifs is 1. The number of hydrogen-bond acceptors (Lipinski definition) is 1. The van der Waals surface area contributed by atoms with Crippen molar-refractivity contribution in [2.24, 2.45) is 0 Å². The molecule has 1 amide bonds. The average molecular weight is 201 g/mol. The number of amides is 1. The van der Waals surface area contributed by atoms with Crippen molar-refractivity contribution >= 4 is 5.91 Å². The summed E-state index contributed by atoms with van der Waals surface area (Å²) < 4.78 is 0. The fourth-order valence-corrected chi connectivity index (χ4v) is 2.86. The van der Waals surface area contributed by atoms with Gasteiger partial charge in [0.05, 0.1) is 6.04 Å². The van der Waals surface area contributed by atoms with Gasteiger partial charge >= 0.3 is 0 Å². The van der Waals surface area contributed by atoms with Crippen LogP contribution in [0.2, 0.25) is 0 Å². The van der Waals surface area contributed by atoms with E-state index in [1.807, 2.05) is 0 Å². The lowest BCUT2D eigenvalue weighted by Gasteiger charge is -2.24. The third-order valence-corrected chi connectivity index (χ3v) is 3.59. The predicted octanol–water partition coefficient (Wildman–Crippen LogP) is 2.30. The van der Waals surface area contributed by atoms with Gasteiger partial charge in [0, 0.05) is 13.0 Å². The molecular weight excluding hydrogens is 186 g/mol. The fraction of sp³-hybridized carbons (Fsp3) is 0.462. The van der Waals surface area contributed by atoms with Crippen LogP contribution < -0.4 is 0 Å². The maximum atomic E-state index is 11.7. The van der Waals surface area contributed by atoms with Gasteiger partial charge in [0.2, 0.25) is 5.91 Å². The number of benzene rings is 1. The Kier molecular flexibility index (Phi) is 2.01. The molecule has 2 heteroatoms. The van der Waals surface area contributed by atoms with Gasteiger partial charge in [-0.2, -0.15) is 0 Å². The highest BCUT2D eigenvalue weighted by molar-refractivity contribution is 5.78. The number of carbonyl (C=O) groups is 1. The van der Waals surface area contributed by atoms with Gasteiger partial charge in [-0.3, -0.25) is 4.79 Å². The van der Waals surface area contributed by atoms with Crippen molar-refractivity contribution in [3.8, 4) is 0 Å². The van der Waals surface area contributed by atoms with E-state index in [4.69, 9.17) is 0 Å². The van der Waals surface area contributed by atoms with Crippen molar-refractivity contribution in [1.82, 2.24) is 4.90 Å². The number of carbonyl (C=O) groups excluding carboxylic acids is 1. The third kappa shape index (κ3) is 1.36. The summed E-state index contributed by atoms with van der Waals surface area (Å²) in [6.45, 7) is 0.956. The van der Waals surface area contributed by atoms with Gasteiger partial charge in [-0.05, 0) is 30.4 Å². The summed E-state index contributed by atoms with van der Waals surface area (Å²) in [5.74, 6) is 0.344. The fourth-order valence-electron chi connectivity index (χ4n) is 2.86. The lowest BCUT2D eigenvalue weighted by atomic mass is 10.1. The van der Waals surface area contributed by atoms with E-state index in [1.165, 1.54) is 11.1 Å². The molecule has 0 unspecified atom stereocenters. The minimum atomic E-state index is 0.344. The maximum absolute atomic E-state index is 11.7. The molecule has 15 heavy (non-hydrogen) atoms. The van der Waals surface area contributed by atoms with E-state index in [-0.39, 0.29) is 0 Å². The second-order valence-electron chi connectivity index (χ2n) is 4.44. The summed E-state index contributed by atoms with van der Waals surface area (Å²) >= 11 is 0. The molecule has 0 N–H and O–H groups in total. The molecule has 1 aliphatic heterocycles. The molecule has 0 spiro atoms. The lowest BCUT2D eigenvalue weighted by molar-refractivity contribution is -0.129. The smallest absolute Gasteiger partial charge is 0.223 e. The number of hydrogen-bond donors (Lipinski definition) is 0. The molecule has 1 aromatic carbocycles. The lowest BCUT2D eigenvalue weighted by Crippen LogP contribution is -2.28. The summed E-state index contributed by atoms with van der Waals surface area (Å²) in [7, 11) is 0. The SMILES string of the molecule is O=C1CCCN1[C@H]1CCc2ccccc21. The Bertz CT molecular complexity index is 399. The molecule has 2 aliphatic rings. The zero-order valence-electron chi connectivity index (χ0n) is 8.78. The van der Waals surface area contributed by atoms with Crippen LogP contribution in [-0.2, 0) is 11.2 Å². The zero-order chi connectivity index (χ0) is 10.3. The summed E-state index contributed by atoms with van der Waals surface area (Å²) in [4.78, 5) is 13.8. The van der Waals surface area contributed by atoms with Crippen LogP contribution in [-0.4, -0.2) is 17.4 Å². The first-order chi connectivity index (χ1) is 7.36. The van der Waals surface area contributed by atoms with Crippen LogP contribution >= 0.6 is 0 Å². The summed E-state index contributed by atoms with van der Waals surface area (Å²) in [6, 6.07) is 8.91. The van der Waals surface area contributed by atoms with Crippen LogP contribution in [0.25, 0.3) is 0 Å². The molecule has 0 aromatic heterocycles. The molecular formula is C13H15NO. The van der Waals surface area contributed by atoms with Crippen LogP contribution in [0.15, 0.2) is 24.3 Å². The maximum Gasteiger partial charge on any atom is 0.223 e. The van der Waals surface area contributed by atoms with Gasteiger partial charge < -0.3 is 4.90 Å². The molecule has 78 valence electrons. The van der Waals surface area contributed by atoms with Gasteiger partial charge in [-0.25, -0.2) is 0 Å². The molecule has 0 radical (unpaired) electrons. The number of likely N-dealkylation sites (tertiary alicyclic amines) is 1. The van der Waals surface area contributed by atoms with E-state index in [9.17, 15) is 4.79 Å². The van der Waals surface area contributed by atoms with Crippen LogP contribution in [0.5, 0.6) is 0 Å². The number of nitrogens with zero attached hydrogens (tertiary/aromatic N) is 1. The molecule has 1 heterocycles. The Morgan fingerprint density at radius 1 is 1.20 bits per heavy atom. The monoisotopic (exact) mass is 201 g/mol. The highest BCUT2D eigenvalue weighted by atomic mass is 16.2. The molecule has 1 fully saturated rings. The normalized spacial score (nSPS) is 24.7. The van der Waals surface area contributed by atoms with Gasteiger partial charge in [-0.15, -0.1) is 0 Å². The zero-order valence-corrected chi connectivity index (χ0v) is 8.78. The quantitative estimate of drug-likeness (QED) is 0.682. The van der Waals surface area contributed by atoms with Crippen molar-refractivity contribution < 1.29 is 4.79 Å². The Balaban J connectivity index is 1.93. The Labute approximate surface area is 89.9 Å². The number of aryl methyl sites for hydroxylation is 1. The summed E-state index contributed by atoms with van der Waals surface area (Å²) in [5, 5.41) is 0. The van der Waals surface area contributed by atoms with E-state index in [0.717, 1.165) is 32.2 Å². The second-order valence-corrected chi connectivity index (χ2v) is 4.44. The van der Waals surface area contributed by atoms with E-state index in [2.05, 4.69) is 29.2 Å². The van der Waals surface area contributed by atoms with Gasteiger partial charge in [-0.1, -0.05) is 24.3 Å². The standard InChI is InChI=1S/C13H15NO/c15-13-6-3-9-14(13)12-8-7-10-4-1-2-5-11(10)12/h1-2,4-5,12H,3,6-9H2/t12-/m0/s1. The van der Waals surface area contributed by atoms with Gasteiger partial charge in [0.15, 0.2) is 0 Å². The Hall–Kier alpha value is -1.31. The predicted molar refractivity (Wildman–Crippen MR) is 58.5 cm³/mol. The first-order valence-electron chi connectivity index (χ1n) is 5.73. The average Bonchev–Trinajstić information content (AvgIpc) is 2.83. The van der Waals surface area contributed by atoms with Crippen molar-refractivity contribution in [3.05, 3.63) is 35.4 Å². The minimum Gasteiger partial charge on any atom is -0.336 e. The van der Waals surface area contributed by atoms with Crippen LogP contribution in [0, 0.1) is 0 Å². The highest BCUT2D eigenvalue weighted by Crippen LogP contribution is 2.37. The molecule has 0 saturated carbocycles. The Morgan fingerprint density at radius 3 is 2.87 bits per heavy atom. The van der Waals surface area contributed by atoms with E-state index in [1.54, 1.807) is 0 Å². The van der Waals surface area contributed by atoms with E-state index < -0.39 is 0 Å². The second kappa shape index (κ2) is 3.37. The van der Waals surface area contributed by atoms with E-state index in [0.29, 0.717) is 11.9 Å². The van der Waals surface area contributed by atoms with Crippen LogP contribution in [0.3, 0.4) is 0 Å². The van der Waals surface area contributed by atoms with Crippen molar-refractivity contribution in [2.75, 3.05) is 6.54 Å². The molecule has 0 bridgehead atoms. The molecule has 3 rings (SSSR count). The van der Waals surface area contributed by atoms with Crippen LogP contribution in [0.1, 0.15) is 36.4 Å². The summed E-state index contributed by atoms with van der Waals surface area (Å²) in [5.41, 5.74) is 2.81. The van der Waals surface area contributed by atoms with Crippen molar-refractivity contribution in [2.45, 2.75) is 31.7 Å². The third-order valence-electron chi connectivity index (χ3n) is 3.59. The Morgan fingerprint density at radius 2 is 2.07 bits per heavy atom. The first-order valence-corrected chi connectivity index (χ1v) is 5.73. The van der Waals surface area contributed by atoms with Crippen LogP contribution in [0.4, 0.5) is 0 Å². The molecule has 1 aromatic rings. The largest absolute Gasteiger partial charge is 0.336 e. The van der Waals surface area contributed by atoms with E-state index >= 15 is 0 Å². The molecule has 2 nitrogen and oxygen atoms in total. The van der Waals surface area contributed by atoms with Crippen molar-refractivity contribution in [3.63, 3.8) is 0 Å². The summed E-state index contributed by atoms with van der Waals surface area (Å²) in [6.07, 6.45) is 4.03. The van der Waals surface area contributed by atoms with Gasteiger partial charge in [0.25, 0.3) is 0 Å². The highest BCUT2D eigenvalue weighted by Gasteiger charge is 2.32. The van der Waals surface area contributed by atoms with Crippen molar-refractivity contribution in [1.29, 1.82) is 0 Å². The van der Waals surface area contributed by atoms with Gasteiger partial charge in [0.1, 0.15) is 0 Å². The molecule has 1 atom stereocenters. The topological polar surface area (TPSA) is 20.3 Å².